The molecule has 4 aliphatic rings. The van der Waals surface area contributed by atoms with Gasteiger partial charge in [-0.05, 0) is 73.7 Å². The van der Waals surface area contributed by atoms with Crippen LogP contribution < -0.4 is 10.1 Å². The Bertz CT molecular complexity index is 559. The zero-order valence-corrected chi connectivity index (χ0v) is 14.6. The van der Waals surface area contributed by atoms with Gasteiger partial charge in [0.05, 0.1) is 7.11 Å². The van der Waals surface area contributed by atoms with Crippen molar-refractivity contribution in [3.05, 3.63) is 23.8 Å². The Morgan fingerprint density at radius 3 is 2.96 bits per heavy atom. The molecule has 1 unspecified atom stereocenters. The van der Waals surface area contributed by atoms with Crippen molar-refractivity contribution in [2.45, 2.75) is 51.0 Å². The lowest BCUT2D eigenvalue weighted by Gasteiger charge is -2.51. The minimum Gasteiger partial charge on any atom is -0.497 e. The lowest BCUT2D eigenvalue weighted by atomic mass is 9.72. The summed E-state index contributed by atoms with van der Waals surface area (Å²) in [5.41, 5.74) is 2.80. The maximum Gasteiger partial charge on any atom is 0.119 e. The molecule has 3 fully saturated rings. The topological polar surface area (TPSA) is 24.5 Å². The summed E-state index contributed by atoms with van der Waals surface area (Å²) in [5.74, 6) is 3.63. The lowest BCUT2D eigenvalue weighted by molar-refractivity contribution is -0.00631. The van der Waals surface area contributed by atoms with Crippen molar-refractivity contribution >= 4 is 5.69 Å². The van der Waals surface area contributed by atoms with Gasteiger partial charge in [0.2, 0.25) is 0 Å². The molecule has 1 N–H and O–H groups in total. The summed E-state index contributed by atoms with van der Waals surface area (Å²) in [6, 6.07) is 7.34. The molecule has 0 amide bonds. The smallest absolute Gasteiger partial charge is 0.119 e. The van der Waals surface area contributed by atoms with Crippen LogP contribution in [0, 0.1) is 11.8 Å². The average Bonchev–Trinajstić information content (AvgIpc) is 2.62. The van der Waals surface area contributed by atoms with Gasteiger partial charge in [0, 0.05) is 24.8 Å². The molecule has 1 aromatic carbocycles. The molecule has 0 aliphatic carbocycles. The monoisotopic (exact) mass is 314 g/mol. The standard InChI is InChI=1S/C20H30N2O/c1-3-14-13-22-9-7-15(14)10-17(22)11-16-6-8-21-20-5-4-18(23-2)12-19(16)20/h4-5,12,14-17,21H,3,6-11,13H2,1-2H3/t14-,15-,16-,17-/m0/s1. The van der Waals surface area contributed by atoms with E-state index in [2.05, 4.69) is 35.3 Å². The number of piperidine rings is 3. The van der Waals surface area contributed by atoms with Crippen LogP contribution in [-0.2, 0) is 0 Å². The van der Waals surface area contributed by atoms with Crippen molar-refractivity contribution in [1.82, 2.24) is 4.90 Å². The maximum atomic E-state index is 5.46. The van der Waals surface area contributed by atoms with E-state index in [4.69, 9.17) is 4.74 Å². The highest BCUT2D eigenvalue weighted by molar-refractivity contribution is 5.57. The van der Waals surface area contributed by atoms with Gasteiger partial charge >= 0.3 is 0 Å². The Balaban J connectivity index is 1.50. The van der Waals surface area contributed by atoms with E-state index < -0.39 is 0 Å². The molecular weight excluding hydrogens is 284 g/mol. The predicted molar refractivity (Wildman–Crippen MR) is 95.3 cm³/mol. The summed E-state index contributed by atoms with van der Waals surface area (Å²) >= 11 is 0. The molecule has 0 spiro atoms. The van der Waals surface area contributed by atoms with Crippen LogP contribution in [0.25, 0.3) is 0 Å². The summed E-state index contributed by atoms with van der Waals surface area (Å²) in [4.78, 5) is 2.80. The third-order valence-corrected chi connectivity index (χ3v) is 6.60. The van der Waals surface area contributed by atoms with E-state index >= 15 is 0 Å². The number of hydrogen-bond acceptors (Lipinski definition) is 3. The number of ether oxygens (including phenoxy) is 1. The van der Waals surface area contributed by atoms with Crippen LogP contribution in [0.3, 0.4) is 0 Å². The molecule has 1 aromatic rings. The van der Waals surface area contributed by atoms with Gasteiger partial charge in [0.15, 0.2) is 0 Å². The summed E-state index contributed by atoms with van der Waals surface area (Å²) in [6.07, 6.45) is 6.82. The Morgan fingerprint density at radius 2 is 2.22 bits per heavy atom. The highest BCUT2D eigenvalue weighted by atomic mass is 16.5. The Labute approximate surface area is 140 Å². The molecule has 4 heterocycles. The number of nitrogens with one attached hydrogen (secondary N) is 1. The first kappa shape index (κ1) is 15.3. The first-order valence-corrected chi connectivity index (χ1v) is 9.44. The van der Waals surface area contributed by atoms with Gasteiger partial charge in [-0.3, -0.25) is 0 Å². The van der Waals surface area contributed by atoms with Gasteiger partial charge < -0.3 is 15.0 Å². The molecule has 4 aliphatic heterocycles. The zero-order valence-electron chi connectivity index (χ0n) is 14.6. The predicted octanol–water partition coefficient (Wildman–Crippen LogP) is 4.10. The van der Waals surface area contributed by atoms with E-state index in [-0.39, 0.29) is 0 Å². The number of fused-ring (bicyclic) bond motifs is 4. The number of benzene rings is 1. The first-order valence-electron chi connectivity index (χ1n) is 9.44. The van der Waals surface area contributed by atoms with Crippen LogP contribution in [0.4, 0.5) is 5.69 Å². The number of hydrogen-bond donors (Lipinski definition) is 1. The molecular formula is C20H30N2O. The van der Waals surface area contributed by atoms with Crippen LogP contribution in [0.1, 0.15) is 50.5 Å². The van der Waals surface area contributed by atoms with Gasteiger partial charge in [-0.25, -0.2) is 0 Å². The molecule has 3 saturated heterocycles. The molecule has 2 bridgehead atoms. The Morgan fingerprint density at radius 1 is 1.30 bits per heavy atom. The lowest BCUT2D eigenvalue weighted by Crippen LogP contribution is -2.53. The summed E-state index contributed by atoms with van der Waals surface area (Å²) in [5, 5.41) is 3.56. The molecule has 0 radical (unpaired) electrons. The van der Waals surface area contributed by atoms with Crippen molar-refractivity contribution in [3.63, 3.8) is 0 Å². The van der Waals surface area contributed by atoms with Gasteiger partial charge in [0.25, 0.3) is 0 Å². The van der Waals surface area contributed by atoms with E-state index in [1.165, 1.54) is 56.4 Å². The SMILES string of the molecule is CC[C@H]1CN2CC[C@H]1C[C@H]2C[C@@H]1CCNc2ccc(OC)cc21. The number of anilines is 1. The minimum absolute atomic E-state index is 0.686. The highest BCUT2D eigenvalue weighted by Gasteiger charge is 2.40. The van der Waals surface area contributed by atoms with E-state index in [0.29, 0.717) is 5.92 Å². The molecule has 126 valence electrons. The van der Waals surface area contributed by atoms with Crippen LogP contribution in [-0.4, -0.2) is 37.7 Å². The summed E-state index contributed by atoms with van der Waals surface area (Å²) in [6.45, 7) is 6.16. The van der Waals surface area contributed by atoms with Gasteiger partial charge in [-0.1, -0.05) is 13.3 Å². The van der Waals surface area contributed by atoms with Gasteiger partial charge in [-0.2, -0.15) is 0 Å². The second-order valence-electron chi connectivity index (χ2n) is 7.70. The minimum atomic E-state index is 0.686. The number of nitrogens with zero attached hydrogens (tertiary/aromatic N) is 1. The molecule has 5 rings (SSSR count). The third-order valence-electron chi connectivity index (χ3n) is 6.60. The number of methoxy groups -OCH3 is 1. The fourth-order valence-electron chi connectivity index (χ4n) is 5.23. The van der Waals surface area contributed by atoms with Crippen molar-refractivity contribution in [3.8, 4) is 5.75 Å². The maximum absolute atomic E-state index is 5.46. The van der Waals surface area contributed by atoms with Gasteiger partial charge in [0.1, 0.15) is 5.75 Å². The fraction of sp³-hybridized carbons (Fsp3) is 0.700. The van der Waals surface area contributed by atoms with E-state index in [1.807, 2.05) is 0 Å². The van der Waals surface area contributed by atoms with Crippen LogP contribution in [0.5, 0.6) is 5.75 Å². The molecule has 0 aromatic heterocycles. The Kier molecular flexibility index (Phi) is 4.23. The molecule has 3 nitrogen and oxygen atoms in total. The van der Waals surface area contributed by atoms with Crippen molar-refractivity contribution in [2.24, 2.45) is 11.8 Å². The van der Waals surface area contributed by atoms with Crippen molar-refractivity contribution in [2.75, 3.05) is 32.1 Å². The fourth-order valence-corrected chi connectivity index (χ4v) is 5.23. The molecule has 5 atom stereocenters. The highest BCUT2D eigenvalue weighted by Crippen LogP contribution is 2.43. The summed E-state index contributed by atoms with van der Waals surface area (Å²) in [7, 11) is 1.77. The normalized spacial score (nSPS) is 35.5. The molecule has 23 heavy (non-hydrogen) atoms. The van der Waals surface area contributed by atoms with Crippen molar-refractivity contribution < 1.29 is 4.74 Å². The number of rotatable bonds is 4. The molecule has 0 saturated carbocycles. The van der Waals surface area contributed by atoms with Crippen LogP contribution >= 0.6 is 0 Å². The zero-order chi connectivity index (χ0) is 15.8. The summed E-state index contributed by atoms with van der Waals surface area (Å²) < 4.78 is 5.46. The van der Waals surface area contributed by atoms with Crippen molar-refractivity contribution in [1.29, 1.82) is 0 Å². The largest absolute Gasteiger partial charge is 0.497 e. The average molecular weight is 314 g/mol. The van der Waals surface area contributed by atoms with E-state index in [1.54, 1.807) is 7.11 Å². The second kappa shape index (κ2) is 6.35. The molecule has 3 heteroatoms. The quantitative estimate of drug-likeness (QED) is 0.905. The second-order valence-corrected chi connectivity index (χ2v) is 7.70. The van der Waals surface area contributed by atoms with Gasteiger partial charge in [-0.15, -0.1) is 0 Å². The van der Waals surface area contributed by atoms with Crippen LogP contribution in [0.15, 0.2) is 18.2 Å². The van der Waals surface area contributed by atoms with E-state index in [0.717, 1.165) is 30.2 Å². The first-order chi connectivity index (χ1) is 11.3. The third kappa shape index (κ3) is 2.84. The Hall–Kier alpha value is -1.22. The van der Waals surface area contributed by atoms with E-state index in [9.17, 15) is 0 Å². The van der Waals surface area contributed by atoms with Crippen LogP contribution in [0.2, 0.25) is 0 Å².